The summed E-state index contributed by atoms with van der Waals surface area (Å²) in [5, 5.41) is 3.44. The summed E-state index contributed by atoms with van der Waals surface area (Å²) in [6, 6.07) is 0. The van der Waals surface area contributed by atoms with E-state index in [2.05, 4.69) is 14.9 Å². The molecule has 0 radical (unpaired) electrons. The molecule has 8 heteroatoms. The van der Waals surface area contributed by atoms with Crippen molar-refractivity contribution in [3.05, 3.63) is 11.7 Å². The second-order valence-corrected chi connectivity index (χ2v) is 3.70. The van der Waals surface area contributed by atoms with Crippen LogP contribution in [0.1, 0.15) is 37.9 Å². The number of rotatable bonds is 6. The van der Waals surface area contributed by atoms with Crippen LogP contribution in [0.3, 0.4) is 0 Å². The Bertz CT molecular complexity index is 403. The zero-order valence-corrected chi connectivity index (χ0v) is 9.95. The molecule has 102 valence electrons. The highest BCUT2D eigenvalue weighted by molar-refractivity contribution is 5.83. The average molecular weight is 266 g/mol. The molecule has 0 aliphatic heterocycles. The molecule has 0 N–H and O–H groups in total. The SMILES string of the molecule is CCC(=O)C(C)c1nc(COCC(F)(F)F)no1. The third-order valence-electron chi connectivity index (χ3n) is 2.18. The number of halogens is 3. The summed E-state index contributed by atoms with van der Waals surface area (Å²) >= 11 is 0. The van der Waals surface area contributed by atoms with Crippen molar-refractivity contribution >= 4 is 5.78 Å². The lowest BCUT2D eigenvalue weighted by Gasteiger charge is -2.04. The first-order chi connectivity index (χ1) is 8.33. The lowest BCUT2D eigenvalue weighted by molar-refractivity contribution is -0.177. The average Bonchev–Trinajstić information content (AvgIpc) is 2.74. The van der Waals surface area contributed by atoms with Gasteiger partial charge in [-0.2, -0.15) is 18.2 Å². The van der Waals surface area contributed by atoms with Gasteiger partial charge in [0.2, 0.25) is 5.89 Å². The smallest absolute Gasteiger partial charge is 0.364 e. The predicted octanol–water partition coefficient (Wildman–Crippen LogP) is 2.23. The quantitative estimate of drug-likeness (QED) is 0.790. The van der Waals surface area contributed by atoms with Gasteiger partial charge < -0.3 is 9.26 Å². The van der Waals surface area contributed by atoms with E-state index in [9.17, 15) is 18.0 Å². The molecule has 0 aliphatic carbocycles. The summed E-state index contributed by atoms with van der Waals surface area (Å²) in [6.45, 7) is 1.51. The molecule has 0 amide bonds. The minimum absolute atomic E-state index is 0.00926. The highest BCUT2D eigenvalue weighted by atomic mass is 19.4. The molecule has 0 bridgehead atoms. The summed E-state index contributed by atoms with van der Waals surface area (Å²) in [7, 11) is 0. The molecule has 0 fully saturated rings. The van der Waals surface area contributed by atoms with Gasteiger partial charge in [0.05, 0.1) is 5.92 Å². The third kappa shape index (κ3) is 4.44. The second-order valence-electron chi connectivity index (χ2n) is 3.70. The van der Waals surface area contributed by atoms with Crippen molar-refractivity contribution in [1.29, 1.82) is 0 Å². The van der Waals surface area contributed by atoms with Crippen molar-refractivity contribution in [3.8, 4) is 0 Å². The standard InChI is InChI=1S/C10H13F3N2O3/c1-3-7(16)6(2)9-14-8(15-18-9)4-17-5-10(11,12)13/h6H,3-5H2,1-2H3. The van der Waals surface area contributed by atoms with E-state index in [4.69, 9.17) is 4.52 Å². The highest BCUT2D eigenvalue weighted by Crippen LogP contribution is 2.17. The summed E-state index contributed by atoms with van der Waals surface area (Å²) in [5.41, 5.74) is 0. The number of hydrogen-bond acceptors (Lipinski definition) is 5. The number of nitrogens with zero attached hydrogens (tertiary/aromatic N) is 2. The Balaban J connectivity index is 2.51. The van der Waals surface area contributed by atoms with Crippen LogP contribution in [0.15, 0.2) is 4.52 Å². The molecule has 0 saturated carbocycles. The molecule has 1 rings (SSSR count). The number of ether oxygens (including phenoxy) is 1. The molecular weight excluding hydrogens is 253 g/mol. The van der Waals surface area contributed by atoms with E-state index in [-0.39, 0.29) is 17.5 Å². The van der Waals surface area contributed by atoms with Crippen LogP contribution < -0.4 is 0 Å². The van der Waals surface area contributed by atoms with Gasteiger partial charge in [0, 0.05) is 6.42 Å². The molecule has 1 aromatic heterocycles. The van der Waals surface area contributed by atoms with Crippen LogP contribution in [0.4, 0.5) is 13.2 Å². The van der Waals surface area contributed by atoms with Crippen molar-refractivity contribution in [1.82, 2.24) is 10.1 Å². The molecule has 1 aromatic rings. The molecule has 1 heterocycles. The third-order valence-corrected chi connectivity index (χ3v) is 2.18. The first-order valence-electron chi connectivity index (χ1n) is 5.33. The van der Waals surface area contributed by atoms with Crippen molar-refractivity contribution in [2.24, 2.45) is 0 Å². The summed E-state index contributed by atoms with van der Waals surface area (Å²) < 4.78 is 44.6. The number of carbonyl (C=O) groups is 1. The molecule has 0 saturated heterocycles. The molecule has 1 unspecified atom stereocenters. The predicted molar refractivity (Wildman–Crippen MR) is 53.7 cm³/mol. The van der Waals surface area contributed by atoms with Gasteiger partial charge in [-0.15, -0.1) is 0 Å². The maximum Gasteiger partial charge on any atom is 0.411 e. The van der Waals surface area contributed by atoms with Crippen molar-refractivity contribution < 1.29 is 27.2 Å². The van der Waals surface area contributed by atoms with Gasteiger partial charge in [-0.25, -0.2) is 0 Å². The number of hydrogen-bond donors (Lipinski definition) is 0. The van der Waals surface area contributed by atoms with E-state index >= 15 is 0 Å². The topological polar surface area (TPSA) is 65.2 Å². The van der Waals surface area contributed by atoms with E-state index in [0.717, 1.165) is 0 Å². The molecule has 1 atom stereocenters. The minimum atomic E-state index is -4.39. The highest BCUT2D eigenvalue weighted by Gasteiger charge is 2.28. The largest absolute Gasteiger partial charge is 0.411 e. The monoisotopic (exact) mass is 266 g/mol. The van der Waals surface area contributed by atoms with Crippen LogP contribution >= 0.6 is 0 Å². The summed E-state index contributed by atoms with van der Waals surface area (Å²) in [4.78, 5) is 15.2. The number of ketones is 1. The van der Waals surface area contributed by atoms with Crippen LogP contribution in [-0.2, 0) is 16.1 Å². The van der Waals surface area contributed by atoms with Crippen LogP contribution in [0.2, 0.25) is 0 Å². The number of aromatic nitrogens is 2. The number of carbonyl (C=O) groups excluding carboxylic acids is 1. The molecule has 0 aliphatic rings. The summed E-state index contributed by atoms with van der Waals surface area (Å²) in [6.07, 6.45) is -4.07. The lowest BCUT2D eigenvalue weighted by atomic mass is 10.1. The lowest BCUT2D eigenvalue weighted by Crippen LogP contribution is -2.17. The fourth-order valence-electron chi connectivity index (χ4n) is 1.20. The Morgan fingerprint density at radius 2 is 2.17 bits per heavy atom. The van der Waals surface area contributed by atoms with E-state index < -0.39 is 25.3 Å². The molecule has 0 spiro atoms. The van der Waals surface area contributed by atoms with Gasteiger partial charge in [-0.05, 0) is 6.92 Å². The van der Waals surface area contributed by atoms with E-state index in [0.29, 0.717) is 6.42 Å². The fourth-order valence-corrected chi connectivity index (χ4v) is 1.20. The first-order valence-corrected chi connectivity index (χ1v) is 5.33. The van der Waals surface area contributed by atoms with Crippen molar-refractivity contribution in [2.75, 3.05) is 6.61 Å². The van der Waals surface area contributed by atoms with E-state index in [1.54, 1.807) is 13.8 Å². The number of Topliss-reactive ketones (excluding diaryl/α,β-unsaturated/α-hetero) is 1. The zero-order valence-electron chi connectivity index (χ0n) is 9.95. The van der Waals surface area contributed by atoms with Crippen LogP contribution in [0.25, 0.3) is 0 Å². The molecule has 18 heavy (non-hydrogen) atoms. The first kappa shape index (κ1) is 14.6. The summed E-state index contributed by atoms with van der Waals surface area (Å²) in [5.74, 6) is -0.558. The number of alkyl halides is 3. The Morgan fingerprint density at radius 3 is 2.72 bits per heavy atom. The van der Waals surface area contributed by atoms with Gasteiger partial charge in [-0.1, -0.05) is 12.1 Å². The van der Waals surface area contributed by atoms with Crippen LogP contribution in [0, 0.1) is 0 Å². The van der Waals surface area contributed by atoms with Gasteiger partial charge in [-0.3, -0.25) is 4.79 Å². The van der Waals surface area contributed by atoms with Crippen molar-refractivity contribution in [2.45, 2.75) is 39.0 Å². The van der Waals surface area contributed by atoms with E-state index in [1.165, 1.54) is 0 Å². The maximum atomic E-state index is 11.8. The molecule has 0 aromatic carbocycles. The Labute approximate surface area is 101 Å². The normalized spacial score (nSPS) is 13.6. The van der Waals surface area contributed by atoms with Crippen LogP contribution in [-0.4, -0.2) is 28.7 Å². The molecular formula is C10H13F3N2O3. The van der Waals surface area contributed by atoms with Gasteiger partial charge in [0.1, 0.15) is 19.0 Å². The van der Waals surface area contributed by atoms with Gasteiger partial charge in [0.15, 0.2) is 5.82 Å². The Kier molecular flexibility index (Phi) is 4.83. The zero-order chi connectivity index (χ0) is 13.8. The van der Waals surface area contributed by atoms with Gasteiger partial charge in [0.25, 0.3) is 0 Å². The van der Waals surface area contributed by atoms with E-state index in [1.807, 2.05) is 0 Å². The minimum Gasteiger partial charge on any atom is -0.364 e. The molecule has 5 nitrogen and oxygen atoms in total. The van der Waals surface area contributed by atoms with Gasteiger partial charge >= 0.3 is 6.18 Å². The van der Waals surface area contributed by atoms with Crippen LogP contribution in [0.5, 0.6) is 0 Å². The maximum absolute atomic E-state index is 11.8. The Morgan fingerprint density at radius 1 is 1.50 bits per heavy atom. The Hall–Kier alpha value is -1.44. The fraction of sp³-hybridized carbons (Fsp3) is 0.700. The second kappa shape index (κ2) is 5.94. The van der Waals surface area contributed by atoms with Crippen molar-refractivity contribution in [3.63, 3.8) is 0 Å².